The maximum absolute atomic E-state index is 10.3. The van der Waals surface area contributed by atoms with Crippen LogP contribution in [-0.4, -0.2) is 11.1 Å². The monoisotopic (exact) mass is 152 g/mol. The Labute approximate surface area is 66.2 Å². The maximum atomic E-state index is 10.3. The van der Waals surface area contributed by atoms with Crippen molar-refractivity contribution in [2.75, 3.05) is 0 Å². The van der Waals surface area contributed by atoms with Crippen LogP contribution in [0.4, 0.5) is 0 Å². The molecule has 2 nitrogen and oxygen atoms in total. The molecule has 0 radical (unpaired) electrons. The fourth-order valence-electron chi connectivity index (χ4n) is 1.17. The highest BCUT2D eigenvalue weighted by atomic mass is 16.4. The van der Waals surface area contributed by atoms with E-state index in [2.05, 4.69) is 6.08 Å². The van der Waals surface area contributed by atoms with Crippen LogP contribution in [0.25, 0.3) is 0 Å². The van der Waals surface area contributed by atoms with E-state index in [1.54, 1.807) is 0 Å². The fourth-order valence-corrected chi connectivity index (χ4v) is 1.17. The van der Waals surface area contributed by atoms with E-state index in [9.17, 15) is 4.79 Å². The molecule has 0 heterocycles. The highest BCUT2D eigenvalue weighted by Gasteiger charge is 2.08. The fraction of sp³-hybridized carbons (Fsp3) is 0.444. The highest BCUT2D eigenvalue weighted by Crippen LogP contribution is 2.14. The van der Waals surface area contributed by atoms with Crippen LogP contribution in [0.3, 0.4) is 0 Å². The van der Waals surface area contributed by atoms with Crippen LogP contribution >= 0.6 is 0 Å². The van der Waals surface area contributed by atoms with Crippen molar-refractivity contribution >= 4 is 5.97 Å². The molecule has 0 saturated carbocycles. The average molecular weight is 152 g/mol. The molecule has 0 bridgehead atoms. The predicted molar refractivity (Wildman–Crippen MR) is 43.3 cm³/mol. The first-order chi connectivity index (χ1) is 5.29. The molecule has 0 spiro atoms. The molecular weight excluding hydrogens is 140 g/mol. The SMILES string of the molecule is O=C(O)CC1C=CCC=CC1. The summed E-state index contributed by atoms with van der Waals surface area (Å²) in [6.45, 7) is 0. The lowest BCUT2D eigenvalue weighted by atomic mass is 10.0. The molecule has 1 unspecified atom stereocenters. The number of carboxylic acid groups (broad SMARTS) is 1. The van der Waals surface area contributed by atoms with Gasteiger partial charge in [0.1, 0.15) is 0 Å². The molecule has 1 atom stereocenters. The second-order valence-electron chi connectivity index (χ2n) is 2.73. The summed E-state index contributed by atoms with van der Waals surface area (Å²) in [5.41, 5.74) is 0. The molecule has 0 aromatic carbocycles. The number of allylic oxidation sites excluding steroid dienone is 4. The van der Waals surface area contributed by atoms with E-state index >= 15 is 0 Å². The molecule has 0 fully saturated rings. The summed E-state index contributed by atoms with van der Waals surface area (Å²) in [6, 6.07) is 0. The predicted octanol–water partition coefficient (Wildman–Crippen LogP) is 1.98. The zero-order chi connectivity index (χ0) is 8.10. The Bertz CT molecular complexity index is 192. The summed E-state index contributed by atoms with van der Waals surface area (Å²) in [7, 11) is 0. The Morgan fingerprint density at radius 2 is 2.27 bits per heavy atom. The molecule has 1 rings (SSSR count). The van der Waals surface area contributed by atoms with Crippen LogP contribution in [-0.2, 0) is 4.79 Å². The molecule has 0 saturated heterocycles. The molecule has 60 valence electrons. The smallest absolute Gasteiger partial charge is 0.303 e. The van der Waals surface area contributed by atoms with Gasteiger partial charge in [-0.3, -0.25) is 4.79 Å². The largest absolute Gasteiger partial charge is 0.481 e. The van der Waals surface area contributed by atoms with Crippen molar-refractivity contribution in [1.29, 1.82) is 0 Å². The van der Waals surface area contributed by atoms with Crippen LogP contribution in [0.15, 0.2) is 24.3 Å². The number of hydrogen-bond donors (Lipinski definition) is 1. The van der Waals surface area contributed by atoms with Crippen LogP contribution in [0.5, 0.6) is 0 Å². The molecule has 0 amide bonds. The molecular formula is C9H12O2. The molecule has 1 aliphatic rings. The average Bonchev–Trinajstić information content (AvgIpc) is 2.14. The van der Waals surface area contributed by atoms with Crippen molar-refractivity contribution in [3.63, 3.8) is 0 Å². The first-order valence-electron chi connectivity index (χ1n) is 3.82. The van der Waals surface area contributed by atoms with Gasteiger partial charge in [-0.25, -0.2) is 0 Å². The minimum Gasteiger partial charge on any atom is -0.481 e. The first-order valence-corrected chi connectivity index (χ1v) is 3.82. The summed E-state index contributed by atoms with van der Waals surface area (Å²) in [6.07, 6.45) is 10.2. The van der Waals surface area contributed by atoms with E-state index in [1.807, 2.05) is 18.2 Å². The summed E-state index contributed by atoms with van der Waals surface area (Å²) in [5.74, 6) is -0.513. The Kier molecular flexibility index (Phi) is 2.90. The third-order valence-electron chi connectivity index (χ3n) is 1.72. The lowest BCUT2D eigenvalue weighted by molar-refractivity contribution is -0.137. The molecule has 0 aromatic heterocycles. The van der Waals surface area contributed by atoms with Gasteiger partial charge in [-0.2, -0.15) is 0 Å². The van der Waals surface area contributed by atoms with Gasteiger partial charge in [-0.15, -0.1) is 0 Å². The second-order valence-corrected chi connectivity index (χ2v) is 2.73. The van der Waals surface area contributed by atoms with Crippen LogP contribution < -0.4 is 0 Å². The van der Waals surface area contributed by atoms with Gasteiger partial charge in [0.05, 0.1) is 6.42 Å². The molecule has 0 aromatic rings. The third-order valence-corrected chi connectivity index (χ3v) is 1.72. The van der Waals surface area contributed by atoms with Gasteiger partial charge < -0.3 is 5.11 Å². The minimum atomic E-state index is -0.713. The van der Waals surface area contributed by atoms with Gasteiger partial charge in [0.15, 0.2) is 0 Å². The molecule has 2 heteroatoms. The minimum absolute atomic E-state index is 0.200. The molecule has 1 aliphatic carbocycles. The second kappa shape index (κ2) is 3.96. The molecule has 0 aliphatic heterocycles. The van der Waals surface area contributed by atoms with E-state index < -0.39 is 5.97 Å². The van der Waals surface area contributed by atoms with Crippen molar-refractivity contribution in [2.45, 2.75) is 19.3 Å². The van der Waals surface area contributed by atoms with E-state index in [-0.39, 0.29) is 12.3 Å². The van der Waals surface area contributed by atoms with Gasteiger partial charge in [-0.05, 0) is 18.8 Å². The van der Waals surface area contributed by atoms with E-state index in [4.69, 9.17) is 5.11 Å². The topological polar surface area (TPSA) is 37.3 Å². The van der Waals surface area contributed by atoms with Crippen molar-refractivity contribution in [3.8, 4) is 0 Å². The summed E-state index contributed by atoms with van der Waals surface area (Å²) >= 11 is 0. The van der Waals surface area contributed by atoms with Crippen molar-refractivity contribution in [1.82, 2.24) is 0 Å². The van der Waals surface area contributed by atoms with E-state index in [0.717, 1.165) is 12.8 Å². The number of rotatable bonds is 2. The third kappa shape index (κ3) is 3.03. The zero-order valence-corrected chi connectivity index (χ0v) is 6.36. The summed E-state index contributed by atoms with van der Waals surface area (Å²) in [4.78, 5) is 10.3. The molecule has 11 heavy (non-hydrogen) atoms. The van der Waals surface area contributed by atoms with Crippen molar-refractivity contribution in [2.24, 2.45) is 5.92 Å². The number of carbonyl (C=O) groups is 1. The number of hydrogen-bond acceptors (Lipinski definition) is 1. The number of carboxylic acids is 1. The zero-order valence-electron chi connectivity index (χ0n) is 6.36. The Hall–Kier alpha value is -1.05. The van der Waals surface area contributed by atoms with Gasteiger partial charge in [0.25, 0.3) is 0 Å². The van der Waals surface area contributed by atoms with E-state index in [0.29, 0.717) is 0 Å². The lowest BCUT2D eigenvalue weighted by Gasteiger charge is -2.03. The van der Waals surface area contributed by atoms with Gasteiger partial charge >= 0.3 is 5.97 Å². The van der Waals surface area contributed by atoms with Crippen molar-refractivity contribution < 1.29 is 9.90 Å². The maximum Gasteiger partial charge on any atom is 0.303 e. The van der Waals surface area contributed by atoms with Crippen LogP contribution in [0.2, 0.25) is 0 Å². The Morgan fingerprint density at radius 3 is 3.00 bits per heavy atom. The van der Waals surface area contributed by atoms with Gasteiger partial charge in [0, 0.05) is 0 Å². The van der Waals surface area contributed by atoms with Crippen molar-refractivity contribution in [3.05, 3.63) is 24.3 Å². The normalized spacial score (nSPS) is 23.1. The lowest BCUT2D eigenvalue weighted by Crippen LogP contribution is -2.03. The number of aliphatic carboxylic acids is 1. The quantitative estimate of drug-likeness (QED) is 0.614. The standard InChI is InChI=1S/C9H12O2/c10-9(11)7-8-5-3-1-2-4-6-8/h1,3-4,6,8H,2,5,7H2,(H,10,11). The first kappa shape index (κ1) is 8.05. The van der Waals surface area contributed by atoms with Crippen LogP contribution in [0, 0.1) is 5.92 Å². The Morgan fingerprint density at radius 1 is 1.45 bits per heavy atom. The van der Waals surface area contributed by atoms with Crippen LogP contribution in [0.1, 0.15) is 19.3 Å². The highest BCUT2D eigenvalue weighted by molar-refractivity contribution is 5.67. The summed E-state index contributed by atoms with van der Waals surface area (Å²) in [5, 5.41) is 8.50. The Balaban J connectivity index is 2.44. The van der Waals surface area contributed by atoms with E-state index in [1.165, 1.54) is 0 Å². The van der Waals surface area contributed by atoms with Gasteiger partial charge in [-0.1, -0.05) is 24.3 Å². The summed E-state index contributed by atoms with van der Waals surface area (Å²) < 4.78 is 0. The molecule has 1 N–H and O–H groups in total. The van der Waals surface area contributed by atoms with Gasteiger partial charge in [0.2, 0.25) is 0 Å².